The fraction of sp³-hybridized carbons (Fsp3) is 0.455. The molecule has 1 aliphatic rings. The van der Waals surface area contributed by atoms with Crippen LogP contribution in [-0.2, 0) is 9.47 Å². The number of hydrogen-bond donors (Lipinski definition) is 1. The van der Waals surface area contributed by atoms with Gasteiger partial charge in [-0.25, -0.2) is 4.39 Å². The van der Waals surface area contributed by atoms with Crippen molar-refractivity contribution >= 4 is 0 Å². The largest absolute Gasteiger partial charge is 0.388 e. The van der Waals surface area contributed by atoms with Gasteiger partial charge in [0.2, 0.25) is 0 Å². The number of hydrogen-bond acceptors (Lipinski definition) is 3. The third-order valence-corrected chi connectivity index (χ3v) is 2.36. The lowest BCUT2D eigenvalue weighted by Crippen LogP contribution is -2.13. The van der Waals surface area contributed by atoms with Gasteiger partial charge in [-0.15, -0.1) is 0 Å². The zero-order valence-corrected chi connectivity index (χ0v) is 8.23. The normalized spacial score (nSPS) is 19.3. The minimum Gasteiger partial charge on any atom is -0.388 e. The molecule has 1 aliphatic heterocycles. The molecular formula is C11H13FO3. The highest BCUT2D eigenvalue weighted by molar-refractivity contribution is 5.18. The number of halogens is 1. The van der Waals surface area contributed by atoms with E-state index in [4.69, 9.17) is 9.47 Å². The first-order chi connectivity index (χ1) is 7.25. The Labute approximate surface area is 87.4 Å². The summed E-state index contributed by atoms with van der Waals surface area (Å²) in [6.07, 6.45) is -0.634. The molecule has 0 radical (unpaired) electrons. The third-order valence-electron chi connectivity index (χ3n) is 2.36. The van der Waals surface area contributed by atoms with Crippen molar-refractivity contribution < 1.29 is 19.0 Å². The number of aliphatic hydroxyl groups excluding tert-OH is 1. The summed E-state index contributed by atoms with van der Waals surface area (Å²) in [5, 5.41) is 9.79. The highest BCUT2D eigenvalue weighted by atomic mass is 19.1. The average molecular weight is 212 g/mol. The quantitative estimate of drug-likeness (QED) is 0.827. The summed E-state index contributed by atoms with van der Waals surface area (Å²) >= 11 is 0. The molecule has 0 amide bonds. The molecule has 1 unspecified atom stereocenters. The topological polar surface area (TPSA) is 38.7 Å². The zero-order valence-electron chi connectivity index (χ0n) is 8.23. The molecule has 1 N–H and O–H groups in total. The molecule has 0 bridgehead atoms. The van der Waals surface area contributed by atoms with E-state index >= 15 is 0 Å². The van der Waals surface area contributed by atoms with Crippen LogP contribution in [-0.4, -0.2) is 24.6 Å². The molecular weight excluding hydrogens is 199 g/mol. The summed E-state index contributed by atoms with van der Waals surface area (Å²) < 4.78 is 23.0. The maximum atomic E-state index is 12.6. The number of ether oxygens (including phenoxy) is 2. The van der Waals surface area contributed by atoms with E-state index in [2.05, 4.69) is 0 Å². The summed E-state index contributed by atoms with van der Waals surface area (Å²) in [5.74, 6) is -0.306. The van der Waals surface area contributed by atoms with E-state index in [1.807, 2.05) is 0 Å². The summed E-state index contributed by atoms with van der Waals surface area (Å²) in [7, 11) is 0. The van der Waals surface area contributed by atoms with Crippen LogP contribution in [0.2, 0.25) is 0 Å². The Bertz CT molecular complexity index is 306. The summed E-state index contributed by atoms with van der Waals surface area (Å²) in [6, 6.07) is 5.79. The van der Waals surface area contributed by atoms with Gasteiger partial charge in [0.1, 0.15) is 5.82 Å². The number of aliphatic hydroxyl groups is 1. The molecule has 0 spiro atoms. The van der Waals surface area contributed by atoms with Gasteiger partial charge < -0.3 is 14.6 Å². The van der Waals surface area contributed by atoms with E-state index < -0.39 is 6.10 Å². The molecule has 4 heteroatoms. The van der Waals surface area contributed by atoms with Crippen molar-refractivity contribution in [3.05, 3.63) is 35.6 Å². The lowest BCUT2D eigenvalue weighted by molar-refractivity contribution is -0.0707. The van der Waals surface area contributed by atoms with E-state index in [0.29, 0.717) is 25.2 Å². The van der Waals surface area contributed by atoms with Gasteiger partial charge in [0, 0.05) is 6.42 Å². The Morgan fingerprint density at radius 2 is 1.87 bits per heavy atom. The molecule has 0 aliphatic carbocycles. The van der Waals surface area contributed by atoms with Crippen LogP contribution in [0.5, 0.6) is 0 Å². The SMILES string of the molecule is OC(CC1OCCO1)c1ccc(F)cc1. The van der Waals surface area contributed by atoms with Crippen molar-refractivity contribution in [2.24, 2.45) is 0 Å². The van der Waals surface area contributed by atoms with Crippen LogP contribution in [0.3, 0.4) is 0 Å². The van der Waals surface area contributed by atoms with E-state index in [0.717, 1.165) is 0 Å². The summed E-state index contributed by atoms with van der Waals surface area (Å²) in [5.41, 5.74) is 0.676. The molecule has 3 nitrogen and oxygen atoms in total. The van der Waals surface area contributed by atoms with E-state index in [1.54, 1.807) is 12.1 Å². The molecule has 1 heterocycles. The van der Waals surface area contributed by atoms with Gasteiger partial charge in [-0.1, -0.05) is 12.1 Å². The highest BCUT2D eigenvalue weighted by Crippen LogP contribution is 2.22. The Morgan fingerprint density at radius 1 is 1.27 bits per heavy atom. The van der Waals surface area contributed by atoms with Crippen molar-refractivity contribution in [2.45, 2.75) is 18.8 Å². The van der Waals surface area contributed by atoms with Crippen molar-refractivity contribution in [3.8, 4) is 0 Å². The van der Waals surface area contributed by atoms with Crippen molar-refractivity contribution in [2.75, 3.05) is 13.2 Å². The third kappa shape index (κ3) is 2.75. The Kier molecular flexibility index (Phi) is 3.30. The molecule has 1 atom stereocenters. The number of rotatable bonds is 3. The second-order valence-electron chi connectivity index (χ2n) is 3.47. The fourth-order valence-corrected chi connectivity index (χ4v) is 1.55. The van der Waals surface area contributed by atoms with E-state index in [9.17, 15) is 9.50 Å². The minimum atomic E-state index is -0.673. The van der Waals surface area contributed by atoms with Gasteiger partial charge in [0.05, 0.1) is 19.3 Å². The molecule has 82 valence electrons. The van der Waals surface area contributed by atoms with Crippen LogP contribution in [0, 0.1) is 5.82 Å². The highest BCUT2D eigenvalue weighted by Gasteiger charge is 2.20. The first kappa shape index (κ1) is 10.5. The maximum absolute atomic E-state index is 12.6. The van der Waals surface area contributed by atoms with Crippen molar-refractivity contribution in [1.82, 2.24) is 0 Å². The maximum Gasteiger partial charge on any atom is 0.160 e. The smallest absolute Gasteiger partial charge is 0.160 e. The molecule has 1 saturated heterocycles. The monoisotopic (exact) mass is 212 g/mol. The van der Waals surface area contributed by atoms with Gasteiger partial charge in [-0.2, -0.15) is 0 Å². The van der Waals surface area contributed by atoms with Gasteiger partial charge in [-0.05, 0) is 17.7 Å². The van der Waals surface area contributed by atoms with Crippen LogP contribution in [0.1, 0.15) is 18.1 Å². The zero-order chi connectivity index (χ0) is 10.7. The molecule has 1 fully saturated rings. The molecule has 1 aromatic carbocycles. The van der Waals surface area contributed by atoms with Gasteiger partial charge in [0.25, 0.3) is 0 Å². The Morgan fingerprint density at radius 3 is 2.47 bits per heavy atom. The van der Waals surface area contributed by atoms with Crippen LogP contribution >= 0.6 is 0 Å². The predicted octanol–water partition coefficient (Wildman–Crippen LogP) is 1.62. The van der Waals surface area contributed by atoms with Crippen LogP contribution < -0.4 is 0 Å². The summed E-state index contributed by atoms with van der Waals surface area (Å²) in [4.78, 5) is 0. The first-order valence-electron chi connectivity index (χ1n) is 4.92. The predicted molar refractivity (Wildman–Crippen MR) is 51.7 cm³/mol. The minimum absolute atomic E-state index is 0.306. The summed E-state index contributed by atoms with van der Waals surface area (Å²) in [6.45, 7) is 1.14. The Balaban J connectivity index is 1.94. The average Bonchev–Trinajstić information content (AvgIpc) is 2.71. The second-order valence-corrected chi connectivity index (χ2v) is 3.47. The molecule has 2 rings (SSSR count). The van der Waals surface area contributed by atoms with E-state index in [1.165, 1.54) is 12.1 Å². The van der Waals surface area contributed by atoms with Gasteiger partial charge in [-0.3, -0.25) is 0 Å². The standard InChI is InChI=1S/C11H13FO3/c12-9-3-1-8(2-4-9)10(13)7-11-14-5-6-15-11/h1-4,10-11,13H,5-7H2. The van der Waals surface area contributed by atoms with Crippen molar-refractivity contribution in [1.29, 1.82) is 0 Å². The molecule has 0 aromatic heterocycles. The first-order valence-corrected chi connectivity index (χ1v) is 4.92. The van der Waals surface area contributed by atoms with E-state index in [-0.39, 0.29) is 12.1 Å². The van der Waals surface area contributed by atoms with Gasteiger partial charge in [0.15, 0.2) is 6.29 Å². The molecule has 1 aromatic rings. The van der Waals surface area contributed by atoms with Gasteiger partial charge >= 0.3 is 0 Å². The van der Waals surface area contributed by atoms with Crippen LogP contribution in [0.25, 0.3) is 0 Å². The molecule has 15 heavy (non-hydrogen) atoms. The van der Waals surface area contributed by atoms with Crippen LogP contribution in [0.4, 0.5) is 4.39 Å². The van der Waals surface area contributed by atoms with Crippen LogP contribution in [0.15, 0.2) is 24.3 Å². The second kappa shape index (κ2) is 4.70. The Hall–Kier alpha value is -0.970. The van der Waals surface area contributed by atoms with Crippen molar-refractivity contribution in [3.63, 3.8) is 0 Å². The molecule has 0 saturated carbocycles. The lowest BCUT2D eigenvalue weighted by atomic mass is 10.1. The lowest BCUT2D eigenvalue weighted by Gasteiger charge is -2.14. The fourth-order valence-electron chi connectivity index (χ4n) is 1.55. The number of benzene rings is 1.